The molecule has 3 aromatic rings. The van der Waals surface area contributed by atoms with E-state index in [1.807, 2.05) is 23.1 Å². The Hall–Kier alpha value is -3.48. The molecule has 1 atom stereocenters. The topological polar surface area (TPSA) is 67.2 Å². The zero-order chi connectivity index (χ0) is 22.3. The van der Waals surface area contributed by atoms with Crippen LogP contribution >= 0.6 is 0 Å². The number of piperidine rings is 1. The van der Waals surface area contributed by atoms with E-state index in [-0.39, 0.29) is 17.4 Å². The van der Waals surface area contributed by atoms with Crippen LogP contribution in [0.25, 0.3) is 5.69 Å². The normalized spacial score (nSPS) is 16.0. The Kier molecular flexibility index (Phi) is 6.94. The minimum Gasteiger partial charge on any atom is -0.356 e. The molecular formula is C25H27FN4O2. The fraction of sp³-hybridized carbons (Fsp3) is 0.320. The SMILES string of the molecule is O=C(NCCCc1ccccc1)[C@H]1CCCN(c2ccc(=O)n(-c3cccc(F)c3)n2)C1. The molecule has 7 heteroatoms. The van der Waals surface area contributed by atoms with Crippen molar-refractivity contribution in [1.29, 1.82) is 0 Å². The second-order valence-corrected chi connectivity index (χ2v) is 8.09. The van der Waals surface area contributed by atoms with Crippen LogP contribution in [-0.2, 0) is 11.2 Å². The third-order valence-electron chi connectivity index (χ3n) is 5.74. The summed E-state index contributed by atoms with van der Waals surface area (Å²) < 4.78 is 14.8. The molecule has 0 spiro atoms. The molecule has 6 nitrogen and oxygen atoms in total. The highest BCUT2D eigenvalue weighted by Crippen LogP contribution is 2.21. The van der Waals surface area contributed by atoms with E-state index in [9.17, 15) is 14.0 Å². The molecule has 1 N–H and O–H groups in total. The second-order valence-electron chi connectivity index (χ2n) is 8.09. The number of benzene rings is 2. The molecule has 0 bridgehead atoms. The molecule has 2 heterocycles. The molecule has 1 aromatic heterocycles. The van der Waals surface area contributed by atoms with Crippen LogP contribution in [0.3, 0.4) is 0 Å². The Balaban J connectivity index is 1.37. The minimum absolute atomic E-state index is 0.0567. The lowest BCUT2D eigenvalue weighted by Crippen LogP contribution is -2.44. The molecule has 2 aromatic carbocycles. The molecule has 166 valence electrons. The Morgan fingerprint density at radius 3 is 2.75 bits per heavy atom. The molecule has 1 aliphatic heterocycles. The van der Waals surface area contributed by atoms with Gasteiger partial charge in [0.2, 0.25) is 5.91 Å². The predicted molar refractivity (Wildman–Crippen MR) is 123 cm³/mol. The van der Waals surface area contributed by atoms with Gasteiger partial charge in [0, 0.05) is 25.7 Å². The van der Waals surface area contributed by atoms with E-state index in [2.05, 4.69) is 22.5 Å². The monoisotopic (exact) mass is 434 g/mol. The second kappa shape index (κ2) is 10.2. The van der Waals surface area contributed by atoms with E-state index in [1.165, 1.54) is 28.4 Å². The molecule has 0 saturated carbocycles. The maximum Gasteiger partial charge on any atom is 0.271 e. The summed E-state index contributed by atoms with van der Waals surface area (Å²) in [5.41, 5.74) is 1.32. The number of hydrogen-bond acceptors (Lipinski definition) is 4. The van der Waals surface area contributed by atoms with Crippen LogP contribution in [0, 0.1) is 11.7 Å². The van der Waals surface area contributed by atoms with Crippen molar-refractivity contribution >= 4 is 11.7 Å². The van der Waals surface area contributed by atoms with Crippen molar-refractivity contribution < 1.29 is 9.18 Å². The molecule has 1 saturated heterocycles. The van der Waals surface area contributed by atoms with Crippen LogP contribution in [0.4, 0.5) is 10.2 Å². The van der Waals surface area contributed by atoms with Gasteiger partial charge in [-0.25, -0.2) is 4.39 Å². The highest BCUT2D eigenvalue weighted by molar-refractivity contribution is 5.79. The van der Waals surface area contributed by atoms with Crippen LogP contribution in [-0.4, -0.2) is 35.3 Å². The molecule has 1 aliphatic rings. The van der Waals surface area contributed by atoms with Gasteiger partial charge in [0.05, 0.1) is 11.6 Å². The summed E-state index contributed by atoms with van der Waals surface area (Å²) in [7, 11) is 0. The van der Waals surface area contributed by atoms with Crippen molar-refractivity contribution in [1.82, 2.24) is 15.1 Å². The maximum atomic E-state index is 13.6. The van der Waals surface area contributed by atoms with Gasteiger partial charge in [-0.2, -0.15) is 4.68 Å². The number of aromatic nitrogens is 2. The predicted octanol–water partition coefficient (Wildman–Crippen LogP) is 3.34. The Labute approximate surface area is 186 Å². The smallest absolute Gasteiger partial charge is 0.271 e. The van der Waals surface area contributed by atoms with Crippen LogP contribution in [0.15, 0.2) is 71.5 Å². The number of carbonyl (C=O) groups is 1. The quantitative estimate of drug-likeness (QED) is 0.580. The number of anilines is 1. The molecule has 0 radical (unpaired) electrons. The number of nitrogens with zero attached hydrogens (tertiary/aromatic N) is 3. The number of carbonyl (C=O) groups excluding carboxylic acids is 1. The molecule has 1 fully saturated rings. The number of halogens is 1. The van der Waals surface area contributed by atoms with E-state index in [0.717, 1.165) is 32.2 Å². The fourth-order valence-electron chi connectivity index (χ4n) is 4.06. The fourth-order valence-corrected chi connectivity index (χ4v) is 4.06. The van der Waals surface area contributed by atoms with E-state index >= 15 is 0 Å². The van der Waals surface area contributed by atoms with Crippen molar-refractivity contribution in [3.63, 3.8) is 0 Å². The van der Waals surface area contributed by atoms with Crippen LogP contribution in [0.2, 0.25) is 0 Å². The molecule has 1 amide bonds. The molecular weight excluding hydrogens is 407 g/mol. The van der Waals surface area contributed by atoms with Gasteiger partial charge >= 0.3 is 0 Å². The maximum absolute atomic E-state index is 13.6. The molecule has 0 aliphatic carbocycles. The largest absolute Gasteiger partial charge is 0.356 e. The summed E-state index contributed by atoms with van der Waals surface area (Å²) in [4.78, 5) is 27.0. The summed E-state index contributed by atoms with van der Waals surface area (Å²) in [6.45, 7) is 1.94. The highest BCUT2D eigenvalue weighted by atomic mass is 19.1. The van der Waals surface area contributed by atoms with Crippen LogP contribution in [0.1, 0.15) is 24.8 Å². The van der Waals surface area contributed by atoms with Gasteiger partial charge in [0.1, 0.15) is 11.6 Å². The first kappa shape index (κ1) is 21.7. The van der Waals surface area contributed by atoms with Gasteiger partial charge in [-0.05, 0) is 55.5 Å². The lowest BCUT2D eigenvalue weighted by molar-refractivity contribution is -0.125. The number of amides is 1. The molecule has 32 heavy (non-hydrogen) atoms. The number of nitrogens with one attached hydrogen (secondary N) is 1. The number of aryl methyl sites for hydroxylation is 1. The minimum atomic E-state index is -0.427. The third-order valence-corrected chi connectivity index (χ3v) is 5.74. The van der Waals surface area contributed by atoms with Gasteiger partial charge < -0.3 is 10.2 Å². The molecule has 0 unspecified atom stereocenters. The Morgan fingerprint density at radius 1 is 1.09 bits per heavy atom. The summed E-state index contributed by atoms with van der Waals surface area (Å²) >= 11 is 0. The van der Waals surface area contributed by atoms with Crippen molar-refractivity contribution in [3.8, 4) is 5.69 Å². The Bertz CT molecular complexity index is 1120. The summed E-state index contributed by atoms with van der Waals surface area (Å²) in [6, 6.07) is 19.1. The average molecular weight is 435 g/mol. The third kappa shape index (κ3) is 5.41. The van der Waals surface area contributed by atoms with Crippen LogP contribution in [0.5, 0.6) is 0 Å². The van der Waals surface area contributed by atoms with Crippen molar-refractivity contribution in [2.75, 3.05) is 24.5 Å². The average Bonchev–Trinajstić information content (AvgIpc) is 2.83. The van der Waals surface area contributed by atoms with Gasteiger partial charge in [-0.15, -0.1) is 5.10 Å². The lowest BCUT2D eigenvalue weighted by Gasteiger charge is -2.33. The highest BCUT2D eigenvalue weighted by Gasteiger charge is 2.26. The number of hydrogen-bond donors (Lipinski definition) is 1. The Morgan fingerprint density at radius 2 is 1.94 bits per heavy atom. The van der Waals surface area contributed by atoms with Gasteiger partial charge in [-0.3, -0.25) is 9.59 Å². The number of rotatable bonds is 7. The van der Waals surface area contributed by atoms with Gasteiger partial charge in [0.15, 0.2) is 0 Å². The summed E-state index contributed by atoms with van der Waals surface area (Å²) in [6.07, 6.45) is 3.52. The van der Waals surface area contributed by atoms with Crippen molar-refractivity contribution in [3.05, 3.63) is 88.5 Å². The first-order chi connectivity index (χ1) is 15.6. The molecule has 4 rings (SSSR count). The van der Waals surface area contributed by atoms with Crippen molar-refractivity contribution in [2.24, 2.45) is 5.92 Å². The van der Waals surface area contributed by atoms with E-state index in [1.54, 1.807) is 18.2 Å². The zero-order valence-corrected chi connectivity index (χ0v) is 17.9. The van der Waals surface area contributed by atoms with Gasteiger partial charge in [-0.1, -0.05) is 36.4 Å². The summed E-state index contributed by atoms with van der Waals surface area (Å²) in [5.74, 6) is 0.108. The van der Waals surface area contributed by atoms with E-state index in [4.69, 9.17) is 0 Å². The van der Waals surface area contributed by atoms with Crippen molar-refractivity contribution in [2.45, 2.75) is 25.7 Å². The first-order valence-electron chi connectivity index (χ1n) is 11.0. The lowest BCUT2D eigenvalue weighted by atomic mass is 9.97. The first-order valence-corrected chi connectivity index (χ1v) is 11.0. The zero-order valence-electron chi connectivity index (χ0n) is 17.9. The standard InChI is InChI=1S/C25H27FN4O2/c26-21-11-4-12-22(17-21)30-24(31)14-13-23(28-30)29-16-6-10-20(18-29)25(32)27-15-5-9-19-7-2-1-3-8-19/h1-4,7-8,11-14,17,20H,5-6,9-10,15-16,18H2,(H,27,32)/t20-/m0/s1. The van der Waals surface area contributed by atoms with Crippen LogP contribution < -0.4 is 15.8 Å². The summed E-state index contributed by atoms with van der Waals surface area (Å²) in [5, 5.41) is 7.51. The van der Waals surface area contributed by atoms with Gasteiger partial charge in [0.25, 0.3) is 5.56 Å². The van der Waals surface area contributed by atoms with E-state index in [0.29, 0.717) is 24.6 Å². The van der Waals surface area contributed by atoms with E-state index < -0.39 is 5.82 Å².